The maximum atomic E-state index is 13.6. The van der Waals surface area contributed by atoms with Crippen LogP contribution in [-0.2, 0) is 15.0 Å². The summed E-state index contributed by atoms with van der Waals surface area (Å²) in [6.45, 7) is 6.08. The normalized spacial score (nSPS) is 11.4. The van der Waals surface area contributed by atoms with Crippen molar-refractivity contribution in [3.05, 3.63) is 113 Å². The van der Waals surface area contributed by atoms with Crippen LogP contribution in [0.2, 0.25) is 5.02 Å². The number of hydrogen-bond donors (Lipinski definition) is 1. The van der Waals surface area contributed by atoms with Gasteiger partial charge in [0.1, 0.15) is 5.82 Å². The zero-order valence-corrected chi connectivity index (χ0v) is 22.2. The molecule has 2 amide bonds. The van der Waals surface area contributed by atoms with E-state index < -0.39 is 5.92 Å². The molecule has 0 bridgehead atoms. The van der Waals surface area contributed by atoms with Crippen LogP contribution < -0.4 is 5.32 Å². The zero-order valence-electron chi connectivity index (χ0n) is 21.5. The molecule has 0 aliphatic carbocycles. The molecule has 0 radical (unpaired) electrons. The Morgan fingerprint density at radius 1 is 0.919 bits per heavy atom. The molecule has 0 aliphatic heterocycles. The molecule has 0 saturated carbocycles. The van der Waals surface area contributed by atoms with E-state index in [4.69, 9.17) is 16.7 Å². The number of likely N-dealkylation sites (N-methyl/N-ethyl adjacent to an activating group) is 1. The van der Waals surface area contributed by atoms with Crippen molar-refractivity contribution in [1.82, 2.24) is 14.7 Å². The quantitative estimate of drug-likeness (QED) is 0.326. The van der Waals surface area contributed by atoms with Crippen molar-refractivity contribution in [2.24, 2.45) is 0 Å². The standard InChI is InChI=1S/C30H31ClN4O2/c1-30(2,3)25-19-26(35(33-25)24-17-15-23(31)16-18-24)32-27(36)20-34(4)29(37)28(21-11-7-5-8-12-21)22-13-9-6-10-14-22/h5-19,28H,20H2,1-4H3,(H,32,36). The van der Waals surface area contributed by atoms with Crippen molar-refractivity contribution in [1.29, 1.82) is 0 Å². The molecule has 6 nitrogen and oxygen atoms in total. The molecule has 1 aromatic heterocycles. The summed E-state index contributed by atoms with van der Waals surface area (Å²) in [6, 6.07) is 28.3. The second kappa shape index (κ2) is 11.0. The summed E-state index contributed by atoms with van der Waals surface area (Å²) in [5.74, 6) is -0.450. The van der Waals surface area contributed by atoms with Crippen molar-refractivity contribution >= 4 is 29.2 Å². The molecular formula is C30H31ClN4O2. The molecule has 0 aliphatic rings. The fourth-order valence-corrected chi connectivity index (χ4v) is 4.21. The molecule has 190 valence electrons. The van der Waals surface area contributed by atoms with Crippen molar-refractivity contribution in [2.75, 3.05) is 18.9 Å². The third-order valence-corrected chi connectivity index (χ3v) is 6.34. The van der Waals surface area contributed by atoms with Gasteiger partial charge in [-0.15, -0.1) is 0 Å². The SMILES string of the molecule is CN(CC(=O)Nc1cc(C(C)(C)C)nn1-c1ccc(Cl)cc1)C(=O)C(c1ccccc1)c1ccccc1. The van der Waals surface area contributed by atoms with E-state index in [1.54, 1.807) is 23.9 Å². The lowest BCUT2D eigenvalue weighted by Crippen LogP contribution is -2.38. The van der Waals surface area contributed by atoms with E-state index in [-0.39, 0.29) is 23.8 Å². The van der Waals surface area contributed by atoms with E-state index in [9.17, 15) is 9.59 Å². The van der Waals surface area contributed by atoms with Gasteiger partial charge in [-0.25, -0.2) is 4.68 Å². The lowest BCUT2D eigenvalue weighted by Gasteiger charge is -2.24. The van der Waals surface area contributed by atoms with E-state index in [0.717, 1.165) is 22.5 Å². The van der Waals surface area contributed by atoms with E-state index >= 15 is 0 Å². The highest BCUT2D eigenvalue weighted by Crippen LogP contribution is 2.28. The summed E-state index contributed by atoms with van der Waals surface area (Å²) in [6.07, 6.45) is 0. The smallest absolute Gasteiger partial charge is 0.245 e. The minimum Gasteiger partial charge on any atom is -0.336 e. The van der Waals surface area contributed by atoms with Gasteiger partial charge in [-0.05, 0) is 35.4 Å². The molecule has 0 atom stereocenters. The topological polar surface area (TPSA) is 67.2 Å². The van der Waals surface area contributed by atoms with E-state index in [1.165, 1.54) is 4.90 Å². The average molecular weight is 515 g/mol. The van der Waals surface area contributed by atoms with Crippen LogP contribution in [0.15, 0.2) is 91.0 Å². The van der Waals surface area contributed by atoms with Crippen LogP contribution >= 0.6 is 11.6 Å². The third kappa shape index (κ3) is 6.27. The van der Waals surface area contributed by atoms with Gasteiger partial charge in [-0.2, -0.15) is 5.10 Å². The first-order chi connectivity index (χ1) is 17.6. The average Bonchev–Trinajstić information content (AvgIpc) is 3.30. The largest absolute Gasteiger partial charge is 0.336 e. The highest BCUT2D eigenvalue weighted by atomic mass is 35.5. The summed E-state index contributed by atoms with van der Waals surface area (Å²) >= 11 is 6.07. The summed E-state index contributed by atoms with van der Waals surface area (Å²) in [5, 5.41) is 8.30. The lowest BCUT2D eigenvalue weighted by molar-refractivity contribution is -0.133. The molecule has 1 N–H and O–H groups in total. The second-order valence-corrected chi connectivity index (χ2v) is 10.5. The monoisotopic (exact) mass is 514 g/mol. The summed E-state index contributed by atoms with van der Waals surface area (Å²) in [5.41, 5.74) is 3.13. The number of carbonyl (C=O) groups is 2. The molecule has 7 heteroatoms. The van der Waals surface area contributed by atoms with Crippen LogP contribution in [0.25, 0.3) is 5.69 Å². The van der Waals surface area contributed by atoms with Gasteiger partial charge >= 0.3 is 0 Å². The fraction of sp³-hybridized carbons (Fsp3) is 0.233. The van der Waals surface area contributed by atoms with Crippen LogP contribution in [0.4, 0.5) is 5.82 Å². The Labute approximate surface area is 222 Å². The van der Waals surface area contributed by atoms with E-state index in [2.05, 4.69) is 26.1 Å². The van der Waals surface area contributed by atoms with Gasteiger partial charge in [0.2, 0.25) is 11.8 Å². The van der Waals surface area contributed by atoms with Crippen LogP contribution in [0.3, 0.4) is 0 Å². The number of aromatic nitrogens is 2. The number of nitrogens with one attached hydrogen (secondary N) is 1. The molecule has 37 heavy (non-hydrogen) atoms. The lowest BCUT2D eigenvalue weighted by atomic mass is 9.90. The third-order valence-electron chi connectivity index (χ3n) is 6.09. The Kier molecular flexibility index (Phi) is 7.79. The number of amides is 2. The Morgan fingerprint density at radius 3 is 1.97 bits per heavy atom. The predicted molar refractivity (Wildman–Crippen MR) is 148 cm³/mol. The van der Waals surface area contributed by atoms with Crippen LogP contribution in [0.5, 0.6) is 0 Å². The minimum absolute atomic E-state index is 0.106. The minimum atomic E-state index is -0.507. The number of benzene rings is 3. The number of anilines is 1. The van der Waals surface area contributed by atoms with Gasteiger partial charge in [0.25, 0.3) is 0 Å². The van der Waals surface area contributed by atoms with Gasteiger partial charge < -0.3 is 10.2 Å². The van der Waals surface area contributed by atoms with Crippen LogP contribution in [0, 0.1) is 0 Å². The molecule has 1 heterocycles. The number of hydrogen-bond acceptors (Lipinski definition) is 3. The van der Waals surface area contributed by atoms with Gasteiger partial charge in [-0.1, -0.05) is 93.0 Å². The molecule has 4 rings (SSSR count). The number of rotatable bonds is 7. The maximum absolute atomic E-state index is 13.6. The van der Waals surface area contributed by atoms with Crippen molar-refractivity contribution < 1.29 is 9.59 Å². The van der Waals surface area contributed by atoms with Crippen molar-refractivity contribution in [3.8, 4) is 5.69 Å². The molecule has 4 aromatic rings. The summed E-state index contributed by atoms with van der Waals surface area (Å²) in [7, 11) is 1.65. The predicted octanol–water partition coefficient (Wildman–Crippen LogP) is 6.05. The molecule has 0 saturated heterocycles. The molecule has 0 unspecified atom stereocenters. The molecule has 0 spiro atoms. The van der Waals surface area contributed by atoms with Crippen LogP contribution in [-0.4, -0.2) is 40.1 Å². The summed E-state index contributed by atoms with van der Waals surface area (Å²) in [4.78, 5) is 28.2. The first kappa shape index (κ1) is 26.2. The Bertz CT molecular complexity index is 1320. The molecular weight excluding hydrogens is 484 g/mol. The van der Waals surface area contributed by atoms with Gasteiger partial charge in [0, 0.05) is 23.6 Å². The number of carbonyl (C=O) groups excluding carboxylic acids is 2. The van der Waals surface area contributed by atoms with Crippen molar-refractivity contribution in [2.45, 2.75) is 32.1 Å². The van der Waals surface area contributed by atoms with Gasteiger partial charge in [-0.3, -0.25) is 9.59 Å². The molecule has 0 fully saturated rings. The number of nitrogens with zero attached hydrogens (tertiary/aromatic N) is 3. The Balaban J connectivity index is 1.56. The highest BCUT2D eigenvalue weighted by Gasteiger charge is 2.27. The zero-order chi connectivity index (χ0) is 26.6. The van der Waals surface area contributed by atoms with Gasteiger partial charge in [0.15, 0.2) is 0 Å². The van der Waals surface area contributed by atoms with Crippen molar-refractivity contribution in [3.63, 3.8) is 0 Å². The molecule has 3 aromatic carbocycles. The maximum Gasteiger partial charge on any atom is 0.245 e. The van der Waals surface area contributed by atoms with Crippen LogP contribution in [0.1, 0.15) is 43.5 Å². The summed E-state index contributed by atoms with van der Waals surface area (Å²) < 4.78 is 1.69. The van der Waals surface area contributed by atoms with E-state index in [1.807, 2.05) is 78.9 Å². The Morgan fingerprint density at radius 2 is 1.46 bits per heavy atom. The first-order valence-corrected chi connectivity index (χ1v) is 12.5. The number of halogens is 1. The highest BCUT2D eigenvalue weighted by molar-refractivity contribution is 6.30. The van der Waals surface area contributed by atoms with Gasteiger partial charge in [0.05, 0.1) is 23.8 Å². The second-order valence-electron chi connectivity index (χ2n) is 10.0. The first-order valence-electron chi connectivity index (χ1n) is 12.1. The Hall–Kier alpha value is -3.90. The van der Waals surface area contributed by atoms with E-state index in [0.29, 0.717) is 10.8 Å². The fourth-order valence-electron chi connectivity index (χ4n) is 4.08.